The lowest BCUT2D eigenvalue weighted by molar-refractivity contribution is -0.386. The molecule has 0 radical (unpaired) electrons. The van der Waals surface area contributed by atoms with Gasteiger partial charge in [-0.2, -0.15) is 0 Å². The molecule has 25 heavy (non-hydrogen) atoms. The van der Waals surface area contributed by atoms with Gasteiger partial charge in [-0.25, -0.2) is 0 Å². The number of benzene rings is 1. The molecule has 0 unspecified atom stereocenters. The molecule has 0 aliphatic heterocycles. The molecule has 0 saturated heterocycles. The van der Waals surface area contributed by atoms with Crippen LogP contribution in [0.4, 0.5) is 5.69 Å². The molecule has 1 fully saturated rings. The Morgan fingerprint density at radius 2 is 1.88 bits per heavy atom. The summed E-state index contributed by atoms with van der Waals surface area (Å²) in [5.74, 6) is 0.988. The Morgan fingerprint density at radius 1 is 1.20 bits per heavy atom. The molecule has 4 nitrogen and oxygen atoms in total. The van der Waals surface area contributed by atoms with Gasteiger partial charge in [-0.15, -0.1) is 0 Å². The van der Waals surface area contributed by atoms with Gasteiger partial charge < -0.3 is 0 Å². The van der Waals surface area contributed by atoms with Gasteiger partial charge in [-0.3, -0.25) is 14.9 Å². The fourth-order valence-corrected chi connectivity index (χ4v) is 3.85. The molecule has 2 rings (SSSR count). The van der Waals surface area contributed by atoms with Crippen LogP contribution in [0.25, 0.3) is 0 Å². The summed E-state index contributed by atoms with van der Waals surface area (Å²) in [6.07, 6.45) is 9.65. The molecule has 0 heterocycles. The van der Waals surface area contributed by atoms with Crippen molar-refractivity contribution < 1.29 is 9.72 Å². The molecule has 1 aromatic rings. The minimum Gasteiger partial charge on any atom is -0.299 e. The van der Waals surface area contributed by atoms with Crippen LogP contribution in [0.15, 0.2) is 18.2 Å². The Bertz CT molecular complexity index is 610. The van der Waals surface area contributed by atoms with Crippen LogP contribution in [0.2, 0.25) is 0 Å². The quantitative estimate of drug-likeness (QED) is 0.466. The smallest absolute Gasteiger partial charge is 0.273 e. The predicted molar refractivity (Wildman–Crippen MR) is 101 cm³/mol. The molecule has 0 spiro atoms. The van der Waals surface area contributed by atoms with E-state index >= 15 is 0 Å². The number of nitrogens with zero attached hydrogens (tertiary/aromatic N) is 1. The first-order valence-electron chi connectivity index (χ1n) is 9.57. The normalized spacial score (nSPS) is 16.0. The van der Waals surface area contributed by atoms with Gasteiger partial charge in [0.1, 0.15) is 5.78 Å². The number of carbonyl (C=O) groups excluding carboxylic acids is 1. The summed E-state index contributed by atoms with van der Waals surface area (Å²) in [6, 6.07) is 5.26. The second-order valence-corrected chi connectivity index (χ2v) is 8.47. The van der Waals surface area contributed by atoms with Gasteiger partial charge in [0.05, 0.1) is 4.92 Å². The van der Waals surface area contributed by atoms with Crippen molar-refractivity contribution >= 4 is 11.5 Å². The Labute approximate surface area is 151 Å². The van der Waals surface area contributed by atoms with E-state index in [1.807, 2.05) is 32.9 Å². The summed E-state index contributed by atoms with van der Waals surface area (Å²) >= 11 is 0. The first kappa shape index (κ1) is 19.6. The Kier molecular flexibility index (Phi) is 6.74. The second kappa shape index (κ2) is 8.59. The van der Waals surface area contributed by atoms with Gasteiger partial charge in [-0.05, 0) is 23.3 Å². The van der Waals surface area contributed by atoms with Gasteiger partial charge in [0.15, 0.2) is 0 Å². The molecule has 0 atom stereocenters. The molecular weight excluding hydrogens is 314 g/mol. The third-order valence-electron chi connectivity index (χ3n) is 5.26. The van der Waals surface area contributed by atoms with E-state index in [1.54, 1.807) is 6.07 Å². The van der Waals surface area contributed by atoms with E-state index in [2.05, 4.69) is 0 Å². The van der Waals surface area contributed by atoms with Crippen molar-refractivity contribution in [3.63, 3.8) is 0 Å². The summed E-state index contributed by atoms with van der Waals surface area (Å²) in [4.78, 5) is 23.3. The van der Waals surface area contributed by atoms with Gasteiger partial charge in [0.25, 0.3) is 5.69 Å². The minimum atomic E-state index is -0.336. The van der Waals surface area contributed by atoms with Crippen molar-refractivity contribution in [3.05, 3.63) is 39.4 Å². The number of hydrogen-bond donors (Lipinski definition) is 0. The summed E-state index contributed by atoms with van der Waals surface area (Å²) in [5, 5.41) is 11.4. The van der Waals surface area contributed by atoms with Gasteiger partial charge in [0, 0.05) is 24.5 Å². The van der Waals surface area contributed by atoms with Crippen LogP contribution in [-0.4, -0.2) is 10.7 Å². The lowest BCUT2D eigenvalue weighted by Crippen LogP contribution is -2.14. The zero-order chi connectivity index (χ0) is 18.4. The van der Waals surface area contributed by atoms with E-state index < -0.39 is 0 Å². The highest BCUT2D eigenvalue weighted by Crippen LogP contribution is 2.32. The zero-order valence-electron chi connectivity index (χ0n) is 15.8. The van der Waals surface area contributed by atoms with Crippen molar-refractivity contribution in [3.8, 4) is 0 Å². The average Bonchev–Trinajstić information content (AvgIpc) is 2.54. The summed E-state index contributed by atoms with van der Waals surface area (Å²) in [5.41, 5.74) is 1.30. The molecule has 0 aromatic heterocycles. The molecule has 1 aliphatic rings. The van der Waals surface area contributed by atoms with Crippen molar-refractivity contribution in [2.75, 3.05) is 0 Å². The maximum atomic E-state index is 12.2. The number of rotatable bonds is 7. The van der Waals surface area contributed by atoms with Crippen LogP contribution < -0.4 is 0 Å². The maximum absolute atomic E-state index is 12.2. The fraction of sp³-hybridized carbons (Fsp3) is 0.667. The van der Waals surface area contributed by atoms with E-state index in [0.29, 0.717) is 18.4 Å². The molecule has 1 aliphatic carbocycles. The first-order chi connectivity index (χ1) is 11.8. The van der Waals surface area contributed by atoms with Crippen LogP contribution >= 0.6 is 0 Å². The van der Waals surface area contributed by atoms with Crippen LogP contribution in [0.5, 0.6) is 0 Å². The van der Waals surface area contributed by atoms with Crippen molar-refractivity contribution in [1.29, 1.82) is 0 Å². The highest BCUT2D eigenvalue weighted by Gasteiger charge is 2.25. The van der Waals surface area contributed by atoms with Crippen molar-refractivity contribution in [2.24, 2.45) is 5.92 Å². The fourth-order valence-electron chi connectivity index (χ4n) is 3.85. The SMILES string of the molecule is CC(C)(C)c1ccc(CC(=O)CCCC2CCCCC2)cc1[N+](=O)[O-]. The third-order valence-corrected chi connectivity index (χ3v) is 5.26. The number of carbonyl (C=O) groups is 1. The molecule has 1 aromatic carbocycles. The first-order valence-corrected chi connectivity index (χ1v) is 9.57. The van der Waals surface area contributed by atoms with E-state index in [9.17, 15) is 14.9 Å². The number of nitro benzene ring substituents is 1. The number of Topliss-reactive ketones (excluding diaryl/α,β-unsaturated/α-hetero) is 1. The molecule has 0 N–H and O–H groups in total. The molecule has 0 bridgehead atoms. The Hall–Kier alpha value is -1.71. The number of hydrogen-bond acceptors (Lipinski definition) is 3. The van der Waals surface area contributed by atoms with Crippen molar-refractivity contribution in [1.82, 2.24) is 0 Å². The minimum absolute atomic E-state index is 0.125. The summed E-state index contributed by atoms with van der Waals surface area (Å²) in [6.45, 7) is 5.89. The van der Waals surface area contributed by atoms with Gasteiger partial charge in [0.2, 0.25) is 0 Å². The lowest BCUT2D eigenvalue weighted by Gasteiger charge is -2.21. The molecule has 0 amide bonds. The van der Waals surface area contributed by atoms with E-state index in [-0.39, 0.29) is 21.8 Å². The topological polar surface area (TPSA) is 60.2 Å². The average molecular weight is 345 g/mol. The predicted octanol–water partition coefficient (Wildman–Crippen LogP) is 5.75. The molecule has 4 heteroatoms. The summed E-state index contributed by atoms with van der Waals surface area (Å²) in [7, 11) is 0. The van der Waals surface area contributed by atoms with Gasteiger partial charge >= 0.3 is 0 Å². The van der Waals surface area contributed by atoms with E-state index in [4.69, 9.17) is 0 Å². The lowest BCUT2D eigenvalue weighted by atomic mass is 9.84. The standard InChI is InChI=1S/C21H31NO3/c1-21(2,3)19-13-12-17(15-20(19)22(24)25)14-18(23)11-7-10-16-8-5-4-6-9-16/h12-13,15-16H,4-11,14H2,1-3H3. The molecule has 1 saturated carbocycles. The van der Waals surface area contributed by atoms with E-state index in [0.717, 1.165) is 24.3 Å². The zero-order valence-corrected chi connectivity index (χ0v) is 15.8. The van der Waals surface area contributed by atoms with E-state index in [1.165, 1.54) is 32.1 Å². The van der Waals surface area contributed by atoms with Crippen LogP contribution in [0.3, 0.4) is 0 Å². The molecular formula is C21H31NO3. The van der Waals surface area contributed by atoms with Gasteiger partial charge in [-0.1, -0.05) is 71.4 Å². The Balaban J connectivity index is 1.91. The van der Waals surface area contributed by atoms with Crippen LogP contribution in [0, 0.1) is 16.0 Å². The largest absolute Gasteiger partial charge is 0.299 e. The second-order valence-electron chi connectivity index (χ2n) is 8.47. The summed E-state index contributed by atoms with van der Waals surface area (Å²) < 4.78 is 0. The number of nitro groups is 1. The van der Waals surface area contributed by atoms with Crippen LogP contribution in [-0.2, 0) is 16.6 Å². The van der Waals surface area contributed by atoms with Crippen molar-refractivity contribution in [2.45, 2.75) is 84.0 Å². The monoisotopic (exact) mass is 345 g/mol. The highest BCUT2D eigenvalue weighted by molar-refractivity contribution is 5.81. The van der Waals surface area contributed by atoms with Crippen LogP contribution in [0.1, 0.15) is 83.3 Å². The number of ketones is 1. The molecule has 138 valence electrons. The highest BCUT2D eigenvalue weighted by atomic mass is 16.6. The third kappa shape index (κ3) is 5.94. The Morgan fingerprint density at radius 3 is 2.48 bits per heavy atom. The maximum Gasteiger partial charge on any atom is 0.273 e.